The van der Waals surface area contributed by atoms with Crippen LogP contribution in [-0.4, -0.2) is 33.5 Å². The standard InChI is InChI=1S/C17H27NO2S/c1-18-17-11-10-15(14-7-4-3-5-8-14)13-16(17)9-6-12-21(2,19)20/h3-5,7-8,15-18H,6,9-13H2,1-2H3. The summed E-state index contributed by atoms with van der Waals surface area (Å²) in [4.78, 5) is 0. The maximum absolute atomic E-state index is 11.3. The van der Waals surface area contributed by atoms with Gasteiger partial charge in [-0.25, -0.2) is 8.42 Å². The summed E-state index contributed by atoms with van der Waals surface area (Å²) in [6.45, 7) is 0. The lowest BCUT2D eigenvalue weighted by Gasteiger charge is -2.36. The van der Waals surface area contributed by atoms with Crippen molar-refractivity contribution in [3.63, 3.8) is 0 Å². The molecule has 1 aromatic rings. The molecule has 0 heterocycles. The summed E-state index contributed by atoms with van der Waals surface area (Å²) in [5, 5.41) is 3.42. The van der Waals surface area contributed by atoms with Crippen molar-refractivity contribution < 1.29 is 8.42 Å². The van der Waals surface area contributed by atoms with Gasteiger partial charge in [-0.15, -0.1) is 0 Å². The Morgan fingerprint density at radius 3 is 2.52 bits per heavy atom. The fraction of sp³-hybridized carbons (Fsp3) is 0.647. The second kappa shape index (κ2) is 7.41. The highest BCUT2D eigenvalue weighted by molar-refractivity contribution is 7.90. The maximum Gasteiger partial charge on any atom is 0.147 e. The van der Waals surface area contributed by atoms with E-state index in [4.69, 9.17) is 0 Å². The number of hydrogen-bond acceptors (Lipinski definition) is 3. The Balaban J connectivity index is 1.96. The van der Waals surface area contributed by atoms with Crippen LogP contribution in [0.5, 0.6) is 0 Å². The number of rotatable bonds is 6. The third-order valence-corrected chi connectivity index (χ3v) is 5.74. The van der Waals surface area contributed by atoms with Gasteiger partial charge in [-0.3, -0.25) is 0 Å². The summed E-state index contributed by atoms with van der Waals surface area (Å²) < 4.78 is 22.6. The summed E-state index contributed by atoms with van der Waals surface area (Å²) in [6, 6.07) is 11.3. The molecule has 3 nitrogen and oxygen atoms in total. The van der Waals surface area contributed by atoms with Crippen LogP contribution < -0.4 is 5.32 Å². The minimum Gasteiger partial charge on any atom is -0.317 e. The molecule has 1 aromatic carbocycles. The fourth-order valence-electron chi connectivity index (χ4n) is 3.60. The molecule has 1 fully saturated rings. The summed E-state index contributed by atoms with van der Waals surface area (Å²) >= 11 is 0. The van der Waals surface area contributed by atoms with Crippen LogP contribution in [0.3, 0.4) is 0 Å². The van der Waals surface area contributed by atoms with E-state index in [1.54, 1.807) is 0 Å². The molecule has 1 saturated carbocycles. The molecule has 0 spiro atoms. The number of benzene rings is 1. The molecule has 3 atom stereocenters. The molecular weight excluding hydrogens is 282 g/mol. The smallest absolute Gasteiger partial charge is 0.147 e. The molecule has 3 unspecified atom stereocenters. The van der Waals surface area contributed by atoms with Crippen LogP contribution in [-0.2, 0) is 9.84 Å². The van der Waals surface area contributed by atoms with Crippen molar-refractivity contribution in [2.24, 2.45) is 5.92 Å². The first kappa shape index (κ1) is 16.5. The molecule has 1 aliphatic carbocycles. The zero-order valence-corrected chi connectivity index (χ0v) is 13.9. The Hall–Kier alpha value is -0.870. The molecule has 0 radical (unpaired) electrons. The van der Waals surface area contributed by atoms with Crippen LogP contribution in [0.4, 0.5) is 0 Å². The number of hydrogen-bond donors (Lipinski definition) is 1. The van der Waals surface area contributed by atoms with Crippen LogP contribution in [0.15, 0.2) is 30.3 Å². The summed E-state index contributed by atoms with van der Waals surface area (Å²) in [5.74, 6) is 1.52. The van der Waals surface area contributed by atoms with E-state index >= 15 is 0 Å². The first-order chi connectivity index (χ1) is 9.99. The molecule has 0 bridgehead atoms. The Labute approximate surface area is 129 Å². The molecule has 118 valence electrons. The van der Waals surface area contributed by atoms with E-state index in [0.717, 1.165) is 12.8 Å². The van der Waals surface area contributed by atoms with Crippen molar-refractivity contribution >= 4 is 9.84 Å². The van der Waals surface area contributed by atoms with Crippen molar-refractivity contribution in [1.29, 1.82) is 0 Å². The second-order valence-corrected chi connectivity index (χ2v) is 8.61. The number of nitrogens with one attached hydrogen (secondary N) is 1. The van der Waals surface area contributed by atoms with Crippen molar-refractivity contribution in [3.05, 3.63) is 35.9 Å². The molecule has 0 aliphatic heterocycles. The average molecular weight is 309 g/mol. The molecule has 0 amide bonds. The van der Waals surface area contributed by atoms with Crippen molar-refractivity contribution in [1.82, 2.24) is 5.32 Å². The van der Waals surface area contributed by atoms with E-state index in [2.05, 4.69) is 35.6 Å². The van der Waals surface area contributed by atoms with Gasteiger partial charge in [0.15, 0.2) is 0 Å². The van der Waals surface area contributed by atoms with E-state index in [-0.39, 0.29) is 0 Å². The van der Waals surface area contributed by atoms with Gasteiger partial charge in [-0.2, -0.15) is 0 Å². The Morgan fingerprint density at radius 2 is 1.90 bits per heavy atom. The minimum absolute atomic E-state index is 0.315. The largest absolute Gasteiger partial charge is 0.317 e. The fourth-order valence-corrected chi connectivity index (χ4v) is 4.29. The Kier molecular flexibility index (Phi) is 5.82. The van der Waals surface area contributed by atoms with Gasteiger partial charge in [-0.1, -0.05) is 30.3 Å². The van der Waals surface area contributed by atoms with Crippen molar-refractivity contribution in [2.75, 3.05) is 19.1 Å². The summed E-state index contributed by atoms with van der Waals surface area (Å²) in [5.41, 5.74) is 1.43. The van der Waals surface area contributed by atoms with E-state index < -0.39 is 9.84 Å². The van der Waals surface area contributed by atoms with Gasteiger partial charge in [0.05, 0.1) is 0 Å². The molecule has 2 rings (SSSR count). The highest BCUT2D eigenvalue weighted by Gasteiger charge is 2.30. The SMILES string of the molecule is CNC1CCC(c2ccccc2)CC1CCCS(C)(=O)=O. The molecule has 4 heteroatoms. The first-order valence-corrected chi connectivity index (χ1v) is 9.95. The lowest BCUT2D eigenvalue weighted by atomic mass is 9.73. The highest BCUT2D eigenvalue weighted by atomic mass is 32.2. The predicted molar refractivity (Wildman–Crippen MR) is 88.3 cm³/mol. The zero-order chi connectivity index (χ0) is 15.3. The van der Waals surface area contributed by atoms with Crippen LogP contribution >= 0.6 is 0 Å². The quantitative estimate of drug-likeness (QED) is 0.879. The van der Waals surface area contributed by atoms with Gasteiger partial charge in [0, 0.05) is 18.1 Å². The Morgan fingerprint density at radius 1 is 1.19 bits per heavy atom. The first-order valence-electron chi connectivity index (χ1n) is 7.89. The van der Waals surface area contributed by atoms with E-state index in [1.807, 2.05) is 7.05 Å². The normalized spacial score (nSPS) is 26.7. The molecule has 1 aliphatic rings. The topological polar surface area (TPSA) is 46.2 Å². The van der Waals surface area contributed by atoms with Gasteiger partial charge in [0.25, 0.3) is 0 Å². The molecule has 0 saturated heterocycles. The lowest BCUT2D eigenvalue weighted by molar-refractivity contribution is 0.236. The highest BCUT2D eigenvalue weighted by Crippen LogP contribution is 2.38. The van der Waals surface area contributed by atoms with Gasteiger partial charge >= 0.3 is 0 Å². The Bertz CT molecular complexity index is 527. The average Bonchev–Trinajstić information content (AvgIpc) is 2.47. The van der Waals surface area contributed by atoms with Crippen molar-refractivity contribution in [2.45, 2.75) is 44.1 Å². The van der Waals surface area contributed by atoms with Gasteiger partial charge < -0.3 is 5.32 Å². The molecule has 1 N–H and O–H groups in total. The summed E-state index contributed by atoms with van der Waals surface area (Å²) in [7, 11) is -0.810. The lowest BCUT2D eigenvalue weighted by Crippen LogP contribution is -2.38. The molecule has 0 aromatic heterocycles. The van der Waals surface area contributed by atoms with Gasteiger partial charge in [-0.05, 0) is 56.6 Å². The second-order valence-electron chi connectivity index (χ2n) is 6.35. The molecular formula is C17H27NO2S. The van der Waals surface area contributed by atoms with Crippen LogP contribution in [0.1, 0.15) is 43.6 Å². The number of sulfone groups is 1. The van der Waals surface area contributed by atoms with E-state index in [9.17, 15) is 8.42 Å². The van der Waals surface area contributed by atoms with Crippen LogP contribution in [0.2, 0.25) is 0 Å². The third-order valence-electron chi connectivity index (χ3n) is 4.71. The van der Waals surface area contributed by atoms with Gasteiger partial charge in [0.1, 0.15) is 9.84 Å². The zero-order valence-electron chi connectivity index (χ0n) is 13.1. The predicted octanol–water partition coefficient (Wildman–Crippen LogP) is 2.98. The minimum atomic E-state index is -2.84. The van der Waals surface area contributed by atoms with E-state index in [1.165, 1.54) is 31.1 Å². The van der Waals surface area contributed by atoms with Crippen molar-refractivity contribution in [3.8, 4) is 0 Å². The third kappa shape index (κ3) is 5.11. The van der Waals surface area contributed by atoms with Crippen LogP contribution in [0.25, 0.3) is 0 Å². The van der Waals surface area contributed by atoms with Crippen LogP contribution in [0, 0.1) is 5.92 Å². The van der Waals surface area contributed by atoms with Gasteiger partial charge in [0.2, 0.25) is 0 Å². The maximum atomic E-state index is 11.3. The monoisotopic (exact) mass is 309 g/mol. The summed E-state index contributed by atoms with van der Waals surface area (Å²) in [6.07, 6.45) is 6.68. The van der Waals surface area contributed by atoms with E-state index in [0.29, 0.717) is 23.6 Å². The molecule has 21 heavy (non-hydrogen) atoms.